The third kappa shape index (κ3) is 2.23. The molecule has 7 heteroatoms. The summed E-state index contributed by atoms with van der Waals surface area (Å²) in [4.78, 5) is 8.79. The highest BCUT2D eigenvalue weighted by Gasteiger charge is 2.50. The minimum absolute atomic E-state index is 0.255. The first kappa shape index (κ1) is 13.2. The second-order valence-corrected chi connectivity index (χ2v) is 6.93. The van der Waals surface area contributed by atoms with Gasteiger partial charge in [-0.05, 0) is 13.3 Å². The van der Waals surface area contributed by atoms with Crippen molar-refractivity contribution in [2.45, 2.75) is 25.0 Å². The van der Waals surface area contributed by atoms with Crippen LogP contribution < -0.4 is 11.1 Å². The van der Waals surface area contributed by atoms with Crippen molar-refractivity contribution in [2.24, 2.45) is 10.9 Å². The first-order chi connectivity index (χ1) is 9.14. The Balaban J connectivity index is 2.00. The average molecular weight is 298 g/mol. The van der Waals surface area contributed by atoms with Crippen molar-refractivity contribution >= 4 is 34.1 Å². The number of thioether (sulfide) groups is 1. The predicted molar refractivity (Wildman–Crippen MR) is 80.7 cm³/mol. The van der Waals surface area contributed by atoms with Crippen LogP contribution in [0.2, 0.25) is 0 Å². The molecule has 3 rings (SSSR count). The summed E-state index contributed by atoms with van der Waals surface area (Å²) in [5.41, 5.74) is 5.54. The number of amidine groups is 1. The number of nitrogen functional groups attached to an aromatic ring is 1. The summed E-state index contributed by atoms with van der Waals surface area (Å²) < 4.78 is 5.91. The topological polar surface area (TPSA) is 72.5 Å². The Bertz CT molecular complexity index is 504. The molecule has 3 atom stereocenters. The van der Waals surface area contributed by atoms with Gasteiger partial charge in [0.2, 0.25) is 0 Å². The Hall–Kier alpha value is -0.790. The van der Waals surface area contributed by atoms with Crippen LogP contribution in [0.25, 0.3) is 0 Å². The van der Waals surface area contributed by atoms with Crippen LogP contribution in [0.4, 0.5) is 5.82 Å². The molecule has 5 nitrogen and oxygen atoms in total. The zero-order valence-corrected chi connectivity index (χ0v) is 12.7. The smallest absolute Gasteiger partial charge is 0.157 e. The second kappa shape index (κ2) is 4.96. The van der Waals surface area contributed by atoms with E-state index in [-0.39, 0.29) is 5.54 Å². The highest BCUT2D eigenvalue weighted by molar-refractivity contribution is 8.13. The lowest BCUT2D eigenvalue weighted by atomic mass is 9.80. The highest BCUT2D eigenvalue weighted by Crippen LogP contribution is 2.44. The van der Waals surface area contributed by atoms with Crippen molar-refractivity contribution in [2.75, 3.05) is 25.1 Å². The summed E-state index contributed by atoms with van der Waals surface area (Å²) >= 11 is 3.38. The molecule has 2 saturated heterocycles. The van der Waals surface area contributed by atoms with Crippen molar-refractivity contribution in [3.05, 3.63) is 10.4 Å². The van der Waals surface area contributed by atoms with E-state index in [9.17, 15) is 0 Å². The number of nitrogens with one attached hydrogen (secondary N) is 1. The summed E-state index contributed by atoms with van der Waals surface area (Å²) in [7, 11) is 1.81. The minimum atomic E-state index is -0.255. The number of fused-ring (bicyclic) bond motifs is 1. The van der Waals surface area contributed by atoms with Crippen LogP contribution in [0.1, 0.15) is 18.4 Å². The Morgan fingerprint density at radius 2 is 2.47 bits per heavy atom. The molecule has 2 fully saturated rings. The van der Waals surface area contributed by atoms with Crippen LogP contribution in [0.15, 0.2) is 10.4 Å². The largest absolute Gasteiger partial charge is 0.383 e. The van der Waals surface area contributed by atoms with Crippen molar-refractivity contribution in [1.82, 2.24) is 10.3 Å². The maximum absolute atomic E-state index is 5.91. The van der Waals surface area contributed by atoms with Crippen molar-refractivity contribution in [3.8, 4) is 0 Å². The molecule has 0 unspecified atom stereocenters. The van der Waals surface area contributed by atoms with Crippen LogP contribution in [0, 0.1) is 5.92 Å². The molecular weight excluding hydrogens is 280 g/mol. The first-order valence-electron chi connectivity index (χ1n) is 6.35. The normalized spacial score (nSPS) is 36.8. The van der Waals surface area contributed by atoms with E-state index in [2.05, 4.69) is 22.2 Å². The standard InChI is InChI=1S/C12H18N4OS2/c1-7-3-8-4-19-11(14-2)16-12(8,6-17-7)10-15-9(13)5-18-10/h5,7-8H,3-4,6,13H2,1-2H3,(H,14,16)/t7-,8-,12-/m0/s1. The highest BCUT2D eigenvalue weighted by atomic mass is 32.2. The van der Waals surface area contributed by atoms with Gasteiger partial charge in [-0.3, -0.25) is 4.99 Å². The quantitative estimate of drug-likeness (QED) is 0.825. The molecule has 1 aromatic heterocycles. The number of ether oxygens (including phenoxy) is 1. The lowest BCUT2D eigenvalue weighted by molar-refractivity contribution is -0.0557. The maximum atomic E-state index is 5.91. The number of thiazole rings is 1. The lowest BCUT2D eigenvalue weighted by Gasteiger charge is -2.48. The Morgan fingerprint density at radius 1 is 1.63 bits per heavy atom. The van der Waals surface area contributed by atoms with Gasteiger partial charge in [0.15, 0.2) is 5.17 Å². The van der Waals surface area contributed by atoms with Crippen LogP contribution in [0.5, 0.6) is 0 Å². The van der Waals surface area contributed by atoms with Gasteiger partial charge in [-0.2, -0.15) is 0 Å². The number of aliphatic imine (C=N–C) groups is 1. The summed E-state index contributed by atoms with van der Waals surface area (Å²) in [5.74, 6) is 2.13. The van der Waals surface area contributed by atoms with E-state index in [4.69, 9.17) is 10.5 Å². The van der Waals surface area contributed by atoms with Gasteiger partial charge in [-0.15, -0.1) is 11.3 Å². The summed E-state index contributed by atoms with van der Waals surface area (Å²) in [6, 6.07) is 0. The molecule has 19 heavy (non-hydrogen) atoms. The molecule has 1 aromatic rings. The molecule has 0 amide bonds. The fourth-order valence-corrected chi connectivity index (χ4v) is 4.81. The molecule has 0 bridgehead atoms. The van der Waals surface area contributed by atoms with E-state index in [0.717, 1.165) is 22.3 Å². The van der Waals surface area contributed by atoms with Gasteiger partial charge in [0.05, 0.1) is 12.7 Å². The lowest BCUT2D eigenvalue weighted by Crippen LogP contribution is -2.60. The molecule has 0 aliphatic carbocycles. The third-order valence-electron chi connectivity index (χ3n) is 3.77. The van der Waals surface area contributed by atoms with Crippen LogP contribution >= 0.6 is 23.1 Å². The second-order valence-electron chi connectivity index (χ2n) is 5.07. The van der Waals surface area contributed by atoms with Crippen molar-refractivity contribution in [1.29, 1.82) is 0 Å². The molecule has 104 valence electrons. The van der Waals surface area contributed by atoms with Crippen LogP contribution in [0.3, 0.4) is 0 Å². The fraction of sp³-hybridized carbons (Fsp3) is 0.667. The monoisotopic (exact) mass is 298 g/mol. The van der Waals surface area contributed by atoms with Gasteiger partial charge >= 0.3 is 0 Å². The summed E-state index contributed by atoms with van der Waals surface area (Å²) in [5, 5.41) is 7.42. The van der Waals surface area contributed by atoms with Crippen LogP contribution in [-0.2, 0) is 10.3 Å². The van der Waals surface area contributed by atoms with E-state index in [0.29, 0.717) is 24.4 Å². The number of hydrogen-bond donors (Lipinski definition) is 2. The maximum Gasteiger partial charge on any atom is 0.157 e. The number of nitrogens with two attached hydrogens (primary N) is 1. The minimum Gasteiger partial charge on any atom is -0.383 e. The fourth-order valence-electron chi connectivity index (χ4n) is 2.72. The number of hydrogen-bond acceptors (Lipinski definition) is 6. The number of nitrogens with zero attached hydrogens (tertiary/aromatic N) is 2. The molecule has 3 heterocycles. The zero-order valence-electron chi connectivity index (χ0n) is 11.0. The molecule has 0 spiro atoms. The summed E-state index contributed by atoms with van der Waals surface area (Å²) in [6.45, 7) is 2.76. The molecule has 2 aliphatic heterocycles. The zero-order chi connectivity index (χ0) is 13.5. The first-order valence-corrected chi connectivity index (χ1v) is 8.21. The van der Waals surface area contributed by atoms with Gasteiger partial charge in [0, 0.05) is 24.1 Å². The average Bonchev–Trinajstić information content (AvgIpc) is 2.85. The van der Waals surface area contributed by atoms with E-state index in [1.54, 1.807) is 23.1 Å². The number of rotatable bonds is 1. The predicted octanol–water partition coefficient (Wildman–Crippen LogP) is 1.67. The molecule has 0 aromatic carbocycles. The van der Waals surface area contributed by atoms with E-state index < -0.39 is 0 Å². The Kier molecular flexibility index (Phi) is 3.44. The Morgan fingerprint density at radius 3 is 3.16 bits per heavy atom. The SMILES string of the molecule is CN=C1N[C@@]2(c3nc(N)cs3)CO[C@@H](C)C[C@H]2CS1. The van der Waals surface area contributed by atoms with E-state index >= 15 is 0 Å². The van der Waals surface area contributed by atoms with Crippen molar-refractivity contribution in [3.63, 3.8) is 0 Å². The van der Waals surface area contributed by atoms with E-state index in [1.807, 2.05) is 12.4 Å². The molecule has 2 aliphatic rings. The van der Waals surface area contributed by atoms with Crippen molar-refractivity contribution < 1.29 is 4.74 Å². The van der Waals surface area contributed by atoms with Gasteiger partial charge in [-0.1, -0.05) is 11.8 Å². The van der Waals surface area contributed by atoms with Gasteiger partial charge in [0.1, 0.15) is 16.4 Å². The van der Waals surface area contributed by atoms with Gasteiger partial charge in [0.25, 0.3) is 0 Å². The number of anilines is 1. The Labute approximate surface area is 121 Å². The third-order valence-corrected chi connectivity index (χ3v) is 5.93. The molecular formula is C12H18N4OS2. The van der Waals surface area contributed by atoms with Crippen LogP contribution in [-0.4, -0.2) is 35.7 Å². The molecule has 0 radical (unpaired) electrons. The molecule has 0 saturated carbocycles. The van der Waals surface area contributed by atoms with Gasteiger partial charge < -0.3 is 15.8 Å². The van der Waals surface area contributed by atoms with E-state index in [1.165, 1.54) is 0 Å². The van der Waals surface area contributed by atoms with Gasteiger partial charge in [-0.25, -0.2) is 4.98 Å². The number of aromatic nitrogens is 1. The molecule has 3 N–H and O–H groups in total. The summed E-state index contributed by atoms with van der Waals surface area (Å²) in [6.07, 6.45) is 1.34.